The fourth-order valence-electron chi connectivity index (χ4n) is 3.16. The number of aliphatic hydroxyl groups excluding tert-OH is 1. The third-order valence-corrected chi connectivity index (χ3v) is 5.05. The number of hydrogen-bond acceptors (Lipinski definition) is 2. The maximum absolute atomic E-state index is 9.81. The van der Waals surface area contributed by atoms with Crippen molar-refractivity contribution in [3.8, 4) is 0 Å². The predicted octanol–water partition coefficient (Wildman–Crippen LogP) is 2.67. The Labute approximate surface area is 97.9 Å². The molecule has 2 saturated carbocycles. The average molecular weight is 228 g/mol. The summed E-state index contributed by atoms with van der Waals surface area (Å²) in [4.78, 5) is 9.37. The molecule has 0 radical (unpaired) electrons. The zero-order valence-electron chi connectivity index (χ0n) is 10.8. The first kappa shape index (κ1) is 13.5. The molecule has 0 aliphatic heterocycles. The van der Waals surface area contributed by atoms with Gasteiger partial charge in [-0.15, -0.1) is 0 Å². The molecule has 2 rings (SSSR count). The molecule has 3 atom stereocenters. The minimum atomic E-state index is -0.745. The third-order valence-electron chi connectivity index (χ3n) is 5.05. The maximum atomic E-state index is 9.81. The van der Waals surface area contributed by atoms with Gasteiger partial charge in [-0.1, -0.05) is 27.7 Å². The van der Waals surface area contributed by atoms with Crippen LogP contribution < -0.4 is 0 Å². The number of carbonyl (C=O) groups is 1. The second-order valence-electron chi connectivity index (χ2n) is 5.87. The number of fused-ring (bicyclic) bond motifs is 2. The van der Waals surface area contributed by atoms with Crippen molar-refractivity contribution in [1.82, 2.24) is 0 Å². The van der Waals surface area contributed by atoms with Crippen molar-refractivity contribution < 1.29 is 15.0 Å². The van der Waals surface area contributed by atoms with Crippen molar-refractivity contribution in [3.05, 3.63) is 0 Å². The molecule has 16 heavy (non-hydrogen) atoms. The number of aliphatic carboxylic acids is 1. The molecule has 0 saturated heterocycles. The van der Waals surface area contributed by atoms with Gasteiger partial charge in [0, 0.05) is 6.42 Å². The summed E-state index contributed by atoms with van der Waals surface area (Å²) in [7, 11) is 0. The Morgan fingerprint density at radius 3 is 2.00 bits per heavy atom. The molecule has 2 fully saturated rings. The minimum absolute atomic E-state index is 0.0313. The fourth-order valence-corrected chi connectivity index (χ4v) is 3.16. The molecule has 2 aliphatic rings. The maximum Gasteiger partial charge on any atom is 0.303 e. The SMILES string of the molecule is CC1(C)[C@@H]2CC[C@]1(C)[C@H](O)C2.CCC(=O)O. The van der Waals surface area contributed by atoms with E-state index >= 15 is 0 Å². The molecular formula is C13H24O3. The highest BCUT2D eigenvalue weighted by Gasteiger charge is 2.60. The molecule has 3 heteroatoms. The lowest BCUT2D eigenvalue weighted by Crippen LogP contribution is -2.35. The molecule has 0 amide bonds. The van der Waals surface area contributed by atoms with Crippen LogP contribution in [0.1, 0.15) is 53.4 Å². The molecule has 2 aliphatic carbocycles. The zero-order chi connectivity index (χ0) is 12.6. The highest BCUT2D eigenvalue weighted by molar-refractivity contribution is 5.66. The summed E-state index contributed by atoms with van der Waals surface area (Å²) < 4.78 is 0. The van der Waals surface area contributed by atoms with E-state index in [1.54, 1.807) is 6.92 Å². The average Bonchev–Trinajstić information content (AvgIpc) is 2.51. The van der Waals surface area contributed by atoms with Gasteiger partial charge in [0.2, 0.25) is 0 Å². The number of carboxylic acid groups (broad SMARTS) is 1. The first-order chi connectivity index (χ1) is 7.25. The van der Waals surface area contributed by atoms with Gasteiger partial charge in [0.15, 0.2) is 0 Å². The van der Waals surface area contributed by atoms with Crippen molar-refractivity contribution >= 4 is 5.97 Å². The number of rotatable bonds is 1. The summed E-state index contributed by atoms with van der Waals surface area (Å²) in [6.45, 7) is 8.49. The summed E-state index contributed by atoms with van der Waals surface area (Å²) in [6.07, 6.45) is 3.80. The molecule has 2 bridgehead atoms. The van der Waals surface area contributed by atoms with Crippen molar-refractivity contribution in [3.63, 3.8) is 0 Å². The lowest BCUT2D eigenvalue weighted by molar-refractivity contribution is -0.136. The number of hydrogen-bond donors (Lipinski definition) is 2. The number of carboxylic acids is 1. The molecule has 0 aromatic rings. The van der Waals surface area contributed by atoms with E-state index in [0.717, 1.165) is 12.3 Å². The molecule has 0 aromatic carbocycles. The van der Waals surface area contributed by atoms with Gasteiger partial charge in [0.25, 0.3) is 0 Å². The summed E-state index contributed by atoms with van der Waals surface area (Å²) in [5.74, 6) is 0.0347. The second kappa shape index (κ2) is 4.36. The van der Waals surface area contributed by atoms with Crippen LogP contribution in [0.2, 0.25) is 0 Å². The Morgan fingerprint density at radius 1 is 1.38 bits per heavy atom. The molecule has 3 nitrogen and oxygen atoms in total. The van der Waals surface area contributed by atoms with E-state index in [4.69, 9.17) is 5.11 Å². The summed E-state index contributed by atoms with van der Waals surface area (Å²) in [5, 5.41) is 17.5. The van der Waals surface area contributed by atoms with Gasteiger partial charge in [-0.3, -0.25) is 4.79 Å². The van der Waals surface area contributed by atoms with Crippen molar-refractivity contribution in [2.75, 3.05) is 0 Å². The van der Waals surface area contributed by atoms with Gasteiger partial charge in [0.1, 0.15) is 0 Å². The summed E-state index contributed by atoms with van der Waals surface area (Å²) in [5.41, 5.74) is 0.601. The van der Waals surface area contributed by atoms with E-state index in [1.165, 1.54) is 12.8 Å². The van der Waals surface area contributed by atoms with E-state index in [0.29, 0.717) is 5.41 Å². The van der Waals surface area contributed by atoms with Gasteiger partial charge in [-0.2, -0.15) is 0 Å². The lowest BCUT2D eigenvalue weighted by atomic mass is 9.70. The summed E-state index contributed by atoms with van der Waals surface area (Å²) >= 11 is 0. The van der Waals surface area contributed by atoms with Crippen LogP contribution in [0.25, 0.3) is 0 Å². The summed E-state index contributed by atoms with van der Waals surface area (Å²) in [6, 6.07) is 0. The molecule has 94 valence electrons. The lowest BCUT2D eigenvalue weighted by Gasteiger charge is -2.36. The van der Waals surface area contributed by atoms with E-state index in [9.17, 15) is 9.90 Å². The second-order valence-corrected chi connectivity index (χ2v) is 5.87. The van der Waals surface area contributed by atoms with Gasteiger partial charge < -0.3 is 10.2 Å². The minimum Gasteiger partial charge on any atom is -0.481 e. The molecule has 0 heterocycles. The first-order valence-corrected chi connectivity index (χ1v) is 6.15. The van der Waals surface area contributed by atoms with E-state index in [-0.39, 0.29) is 17.9 Å². The molecular weight excluding hydrogens is 204 g/mol. The van der Waals surface area contributed by atoms with Gasteiger partial charge >= 0.3 is 5.97 Å². The standard InChI is InChI=1S/C10H18O.C3H6O2/c1-9(2)7-4-5-10(9,3)8(11)6-7;1-2-3(4)5/h7-8,11H,4-6H2,1-3H3;2H2,1H3,(H,4,5)/t7-,8-,10-;/m1./s1. The Hall–Kier alpha value is -0.570. The quantitative estimate of drug-likeness (QED) is 0.725. The largest absolute Gasteiger partial charge is 0.481 e. The van der Waals surface area contributed by atoms with Crippen LogP contribution in [-0.2, 0) is 4.79 Å². The zero-order valence-corrected chi connectivity index (χ0v) is 10.8. The van der Waals surface area contributed by atoms with Crippen LogP contribution in [-0.4, -0.2) is 22.3 Å². The smallest absolute Gasteiger partial charge is 0.303 e. The van der Waals surface area contributed by atoms with Crippen molar-refractivity contribution in [1.29, 1.82) is 0 Å². The van der Waals surface area contributed by atoms with Crippen LogP contribution in [0.15, 0.2) is 0 Å². The van der Waals surface area contributed by atoms with Crippen LogP contribution in [0.3, 0.4) is 0 Å². The predicted molar refractivity (Wildman–Crippen MR) is 63.2 cm³/mol. The number of aliphatic hydroxyl groups is 1. The van der Waals surface area contributed by atoms with Crippen LogP contribution >= 0.6 is 0 Å². The van der Waals surface area contributed by atoms with E-state index in [1.807, 2.05) is 0 Å². The monoisotopic (exact) mass is 228 g/mol. The van der Waals surface area contributed by atoms with Gasteiger partial charge in [-0.25, -0.2) is 0 Å². The normalized spacial score (nSPS) is 39.1. The molecule has 0 aromatic heterocycles. The van der Waals surface area contributed by atoms with E-state index in [2.05, 4.69) is 20.8 Å². The Morgan fingerprint density at radius 2 is 1.88 bits per heavy atom. The van der Waals surface area contributed by atoms with Crippen LogP contribution in [0, 0.1) is 16.7 Å². The molecule has 0 unspecified atom stereocenters. The Kier molecular flexibility index (Phi) is 3.68. The molecule has 2 N–H and O–H groups in total. The van der Waals surface area contributed by atoms with Gasteiger partial charge in [-0.05, 0) is 36.0 Å². The first-order valence-electron chi connectivity index (χ1n) is 6.15. The highest BCUT2D eigenvalue weighted by atomic mass is 16.4. The van der Waals surface area contributed by atoms with Gasteiger partial charge in [0.05, 0.1) is 6.10 Å². The molecule has 0 spiro atoms. The van der Waals surface area contributed by atoms with Crippen LogP contribution in [0.5, 0.6) is 0 Å². The van der Waals surface area contributed by atoms with Crippen molar-refractivity contribution in [2.24, 2.45) is 16.7 Å². The Balaban J connectivity index is 0.000000221. The highest BCUT2D eigenvalue weighted by Crippen LogP contribution is 2.65. The fraction of sp³-hybridized carbons (Fsp3) is 0.923. The Bertz CT molecular complexity index is 272. The van der Waals surface area contributed by atoms with E-state index < -0.39 is 5.97 Å². The third kappa shape index (κ3) is 1.97. The van der Waals surface area contributed by atoms with Crippen LogP contribution in [0.4, 0.5) is 0 Å². The van der Waals surface area contributed by atoms with Crippen molar-refractivity contribution in [2.45, 2.75) is 59.5 Å². The topological polar surface area (TPSA) is 57.5 Å².